The van der Waals surface area contributed by atoms with Crippen molar-refractivity contribution in [3.63, 3.8) is 0 Å². The Kier molecular flexibility index (Phi) is 4.82. The van der Waals surface area contributed by atoms with E-state index in [2.05, 4.69) is 10.3 Å². The maximum Gasteiger partial charge on any atom is 0.317 e. The molecule has 1 saturated heterocycles. The number of hydrogen-bond donors (Lipinski definition) is 2. The van der Waals surface area contributed by atoms with Crippen molar-refractivity contribution in [1.82, 2.24) is 19.8 Å². The second-order valence-electron chi connectivity index (χ2n) is 5.57. The number of carbonyl (C=O) groups is 2. The summed E-state index contributed by atoms with van der Waals surface area (Å²) in [6.07, 6.45) is 4.19. The van der Waals surface area contributed by atoms with Gasteiger partial charge in [0.25, 0.3) is 0 Å². The first-order chi connectivity index (χ1) is 10.0. The van der Waals surface area contributed by atoms with Crippen molar-refractivity contribution in [2.24, 2.45) is 11.8 Å². The van der Waals surface area contributed by atoms with Gasteiger partial charge < -0.3 is 19.9 Å². The lowest BCUT2D eigenvalue weighted by Crippen LogP contribution is -2.49. The maximum absolute atomic E-state index is 12.2. The number of aromatic nitrogens is 2. The molecule has 1 aromatic heterocycles. The maximum atomic E-state index is 12.2. The van der Waals surface area contributed by atoms with Crippen LogP contribution in [0.25, 0.3) is 0 Å². The largest absolute Gasteiger partial charge is 0.481 e. The second-order valence-corrected chi connectivity index (χ2v) is 5.57. The SMILES string of the molecule is CCn1ccnc1CNC(=O)N1CC(C)CC(C(=O)O)C1. The van der Waals surface area contributed by atoms with Gasteiger partial charge in [0, 0.05) is 32.0 Å². The summed E-state index contributed by atoms with van der Waals surface area (Å²) >= 11 is 0. The predicted octanol–water partition coefficient (Wildman–Crippen LogP) is 1.16. The van der Waals surface area contributed by atoms with E-state index in [0.29, 0.717) is 19.5 Å². The molecule has 0 aliphatic carbocycles. The Labute approximate surface area is 124 Å². The number of carbonyl (C=O) groups excluding carboxylic acids is 1. The number of nitrogens with one attached hydrogen (secondary N) is 1. The van der Waals surface area contributed by atoms with E-state index in [1.165, 1.54) is 0 Å². The van der Waals surface area contributed by atoms with Gasteiger partial charge in [-0.25, -0.2) is 9.78 Å². The van der Waals surface area contributed by atoms with E-state index in [1.807, 2.05) is 24.6 Å². The molecule has 7 nitrogen and oxygen atoms in total. The molecule has 0 saturated carbocycles. The summed E-state index contributed by atoms with van der Waals surface area (Å²) in [6.45, 7) is 6.00. The molecule has 0 radical (unpaired) electrons. The zero-order valence-corrected chi connectivity index (χ0v) is 12.5. The van der Waals surface area contributed by atoms with E-state index in [1.54, 1.807) is 11.1 Å². The van der Waals surface area contributed by atoms with Crippen LogP contribution in [0.1, 0.15) is 26.1 Å². The molecule has 2 amide bonds. The third kappa shape index (κ3) is 3.74. The summed E-state index contributed by atoms with van der Waals surface area (Å²) in [5, 5.41) is 12.0. The van der Waals surface area contributed by atoms with E-state index >= 15 is 0 Å². The highest BCUT2D eigenvalue weighted by Gasteiger charge is 2.31. The average Bonchev–Trinajstić information content (AvgIpc) is 2.91. The molecule has 0 bridgehead atoms. The van der Waals surface area contributed by atoms with Gasteiger partial charge in [-0.3, -0.25) is 4.79 Å². The van der Waals surface area contributed by atoms with Crippen LogP contribution in [0.3, 0.4) is 0 Å². The lowest BCUT2D eigenvalue weighted by Gasteiger charge is -2.34. The van der Waals surface area contributed by atoms with Crippen LogP contribution in [-0.2, 0) is 17.9 Å². The molecule has 2 heterocycles. The number of carboxylic acids is 1. The van der Waals surface area contributed by atoms with Crippen molar-refractivity contribution in [3.05, 3.63) is 18.2 Å². The highest BCUT2D eigenvalue weighted by Crippen LogP contribution is 2.21. The normalized spacial score (nSPS) is 22.1. The second kappa shape index (κ2) is 6.60. The molecule has 0 spiro atoms. The molecule has 2 atom stereocenters. The Morgan fingerprint density at radius 2 is 2.24 bits per heavy atom. The topological polar surface area (TPSA) is 87.5 Å². The summed E-state index contributed by atoms with van der Waals surface area (Å²) in [5.74, 6) is -0.313. The van der Waals surface area contributed by atoms with Crippen LogP contribution in [0.15, 0.2) is 12.4 Å². The van der Waals surface area contributed by atoms with Crippen molar-refractivity contribution < 1.29 is 14.7 Å². The van der Waals surface area contributed by atoms with Crippen LogP contribution in [0, 0.1) is 11.8 Å². The molecule has 1 aliphatic rings. The van der Waals surface area contributed by atoms with Crippen molar-refractivity contribution in [1.29, 1.82) is 0 Å². The van der Waals surface area contributed by atoms with Crippen LogP contribution in [0.2, 0.25) is 0 Å². The van der Waals surface area contributed by atoms with Gasteiger partial charge in [-0.05, 0) is 19.3 Å². The van der Waals surface area contributed by atoms with Gasteiger partial charge >= 0.3 is 12.0 Å². The highest BCUT2D eigenvalue weighted by molar-refractivity contribution is 5.76. The van der Waals surface area contributed by atoms with Gasteiger partial charge in [-0.1, -0.05) is 6.92 Å². The number of likely N-dealkylation sites (tertiary alicyclic amines) is 1. The number of aliphatic carboxylic acids is 1. The third-order valence-corrected chi connectivity index (χ3v) is 3.84. The molecule has 21 heavy (non-hydrogen) atoms. The smallest absolute Gasteiger partial charge is 0.317 e. The van der Waals surface area contributed by atoms with E-state index in [-0.39, 0.29) is 18.5 Å². The number of rotatable bonds is 4. The quantitative estimate of drug-likeness (QED) is 0.872. The number of piperidine rings is 1. The van der Waals surface area contributed by atoms with Crippen LogP contribution < -0.4 is 5.32 Å². The Morgan fingerprint density at radius 3 is 2.90 bits per heavy atom. The molecular weight excluding hydrogens is 272 g/mol. The number of urea groups is 1. The van der Waals surface area contributed by atoms with Crippen molar-refractivity contribution in [3.8, 4) is 0 Å². The zero-order chi connectivity index (χ0) is 15.4. The molecule has 1 aliphatic heterocycles. The first-order valence-corrected chi connectivity index (χ1v) is 7.26. The number of hydrogen-bond acceptors (Lipinski definition) is 3. The van der Waals surface area contributed by atoms with Crippen molar-refractivity contribution in [2.45, 2.75) is 33.4 Å². The van der Waals surface area contributed by atoms with Gasteiger partial charge in [0.05, 0.1) is 12.5 Å². The lowest BCUT2D eigenvalue weighted by atomic mass is 9.91. The molecule has 2 unspecified atom stereocenters. The van der Waals surface area contributed by atoms with Crippen molar-refractivity contribution >= 4 is 12.0 Å². The lowest BCUT2D eigenvalue weighted by molar-refractivity contribution is -0.143. The molecule has 7 heteroatoms. The highest BCUT2D eigenvalue weighted by atomic mass is 16.4. The number of aryl methyl sites for hydroxylation is 1. The fourth-order valence-electron chi connectivity index (χ4n) is 2.76. The predicted molar refractivity (Wildman–Crippen MR) is 76.6 cm³/mol. The van der Waals surface area contributed by atoms with Gasteiger partial charge in [0.2, 0.25) is 0 Å². The number of carboxylic acid groups (broad SMARTS) is 1. The number of imidazole rings is 1. The first kappa shape index (κ1) is 15.3. The molecular formula is C14H22N4O3. The molecule has 1 fully saturated rings. The van der Waals surface area contributed by atoms with E-state index in [9.17, 15) is 9.59 Å². The van der Waals surface area contributed by atoms with Crippen LogP contribution in [-0.4, -0.2) is 44.6 Å². The third-order valence-electron chi connectivity index (χ3n) is 3.84. The molecule has 0 aromatic carbocycles. The Morgan fingerprint density at radius 1 is 1.48 bits per heavy atom. The van der Waals surface area contributed by atoms with Gasteiger partial charge in [-0.15, -0.1) is 0 Å². The number of amides is 2. The number of nitrogens with zero attached hydrogens (tertiary/aromatic N) is 3. The zero-order valence-electron chi connectivity index (χ0n) is 12.5. The van der Waals surface area contributed by atoms with E-state index in [0.717, 1.165) is 12.4 Å². The minimum Gasteiger partial charge on any atom is -0.481 e. The summed E-state index contributed by atoms with van der Waals surface area (Å²) in [4.78, 5) is 29.1. The van der Waals surface area contributed by atoms with Gasteiger partial charge in [0.1, 0.15) is 5.82 Å². The van der Waals surface area contributed by atoms with Gasteiger partial charge in [0.15, 0.2) is 0 Å². The van der Waals surface area contributed by atoms with Crippen LogP contribution in [0.5, 0.6) is 0 Å². The molecule has 2 rings (SSSR count). The summed E-state index contributed by atoms with van der Waals surface area (Å²) in [5.41, 5.74) is 0. The summed E-state index contributed by atoms with van der Waals surface area (Å²) in [6, 6.07) is -0.224. The van der Waals surface area contributed by atoms with Crippen LogP contribution >= 0.6 is 0 Å². The Hall–Kier alpha value is -2.05. The Balaban J connectivity index is 1.92. The standard InChI is InChI=1S/C14H22N4O3/c1-3-17-5-4-15-12(17)7-16-14(21)18-8-10(2)6-11(9-18)13(19)20/h4-5,10-11H,3,6-9H2,1-2H3,(H,16,21)(H,19,20). The minimum absolute atomic E-state index is 0.197. The van der Waals surface area contributed by atoms with Crippen molar-refractivity contribution in [2.75, 3.05) is 13.1 Å². The first-order valence-electron chi connectivity index (χ1n) is 7.26. The monoisotopic (exact) mass is 294 g/mol. The van der Waals surface area contributed by atoms with E-state index < -0.39 is 11.9 Å². The molecule has 116 valence electrons. The average molecular weight is 294 g/mol. The van der Waals surface area contributed by atoms with E-state index in [4.69, 9.17) is 5.11 Å². The fourth-order valence-corrected chi connectivity index (χ4v) is 2.76. The fraction of sp³-hybridized carbons (Fsp3) is 0.643. The Bertz CT molecular complexity index is 514. The van der Waals surface area contributed by atoms with Gasteiger partial charge in [-0.2, -0.15) is 0 Å². The molecule has 2 N–H and O–H groups in total. The van der Waals surface area contributed by atoms with Crippen LogP contribution in [0.4, 0.5) is 4.79 Å². The minimum atomic E-state index is -0.833. The molecule has 1 aromatic rings. The summed E-state index contributed by atoms with van der Waals surface area (Å²) in [7, 11) is 0. The summed E-state index contributed by atoms with van der Waals surface area (Å²) < 4.78 is 1.96.